The molecule has 37 heavy (non-hydrogen) atoms. The summed E-state index contributed by atoms with van der Waals surface area (Å²) < 4.78 is 10.7. The third kappa shape index (κ3) is 5.34. The number of rotatable bonds is 7. The van der Waals surface area contributed by atoms with E-state index in [0.29, 0.717) is 56.1 Å². The van der Waals surface area contributed by atoms with Crippen molar-refractivity contribution in [1.82, 2.24) is 14.2 Å². The Balaban J connectivity index is 1.51. The van der Waals surface area contributed by atoms with Gasteiger partial charge in [-0.3, -0.25) is 14.4 Å². The van der Waals surface area contributed by atoms with Crippen molar-refractivity contribution < 1.29 is 24.2 Å². The number of carboxylic acid groups (broad SMARTS) is 1. The molecule has 198 valence electrons. The van der Waals surface area contributed by atoms with Gasteiger partial charge in [0.2, 0.25) is 11.8 Å². The number of carbonyl (C=O) groups is 3. The lowest BCUT2D eigenvalue weighted by Gasteiger charge is -2.43. The molecule has 1 aromatic carbocycles. The van der Waals surface area contributed by atoms with Crippen LogP contribution in [0.4, 0.5) is 0 Å². The van der Waals surface area contributed by atoms with Crippen molar-refractivity contribution in [2.45, 2.75) is 64.5 Å². The van der Waals surface area contributed by atoms with Gasteiger partial charge in [-0.25, -0.2) is 0 Å². The molecule has 2 amide bonds. The lowest BCUT2D eigenvalue weighted by Crippen LogP contribution is -2.50. The number of aryl methyl sites for hydroxylation is 1. The highest BCUT2D eigenvalue weighted by Crippen LogP contribution is 2.43. The second-order valence-electron chi connectivity index (χ2n) is 10.2. The molecule has 1 saturated heterocycles. The van der Waals surface area contributed by atoms with Crippen LogP contribution in [0.1, 0.15) is 66.3 Å². The van der Waals surface area contributed by atoms with Gasteiger partial charge in [0.25, 0.3) is 0 Å². The van der Waals surface area contributed by atoms with Gasteiger partial charge in [0, 0.05) is 41.5 Å². The Morgan fingerprint density at radius 2 is 1.95 bits per heavy atom. The Morgan fingerprint density at radius 3 is 2.62 bits per heavy atom. The highest BCUT2D eigenvalue weighted by molar-refractivity contribution is 7.05. The van der Waals surface area contributed by atoms with Gasteiger partial charge in [-0.05, 0) is 67.9 Å². The van der Waals surface area contributed by atoms with E-state index in [2.05, 4.69) is 4.37 Å². The molecule has 1 aromatic heterocycles. The highest BCUT2D eigenvalue weighted by Gasteiger charge is 2.43. The summed E-state index contributed by atoms with van der Waals surface area (Å²) >= 11 is 8.08. The third-order valence-electron chi connectivity index (χ3n) is 7.87. The fourth-order valence-corrected chi connectivity index (χ4v) is 6.85. The summed E-state index contributed by atoms with van der Waals surface area (Å²) in [5.41, 5.74) is 2.57. The molecule has 1 aliphatic carbocycles. The molecule has 5 rings (SSSR count). The minimum Gasteiger partial charge on any atom is -0.487 e. The molecule has 3 aliphatic rings. The van der Waals surface area contributed by atoms with E-state index in [-0.39, 0.29) is 18.4 Å². The van der Waals surface area contributed by atoms with E-state index in [4.69, 9.17) is 16.3 Å². The molecule has 0 bridgehead atoms. The summed E-state index contributed by atoms with van der Waals surface area (Å²) in [6.45, 7) is 3.69. The largest absolute Gasteiger partial charge is 0.487 e. The molecule has 2 fully saturated rings. The van der Waals surface area contributed by atoms with E-state index in [1.807, 2.05) is 30.0 Å². The summed E-state index contributed by atoms with van der Waals surface area (Å²) in [6, 6.07) is 5.17. The molecular weight excluding hydrogens is 514 g/mol. The van der Waals surface area contributed by atoms with Gasteiger partial charge in [-0.2, -0.15) is 4.37 Å². The van der Waals surface area contributed by atoms with Crippen molar-refractivity contribution in [2.75, 3.05) is 19.6 Å². The standard InChI is InChI=1S/C27H32ClN3O5S/c1-16-13-17(29-37-16)15-36-23-9-8-21(28)20-10-12-31(22(25(20)23)14-30-11-4-7-24(30)32)26(33)18-5-2-3-6-19(18)27(34)35/h8-9,13,18-19,22H,2-7,10-12,14-15H2,1H3,(H,34,35)/t18?,19-,22-/m1/s1. The Kier molecular flexibility index (Phi) is 7.72. The first kappa shape index (κ1) is 26.0. The predicted molar refractivity (Wildman–Crippen MR) is 140 cm³/mol. The first-order valence-corrected chi connectivity index (χ1v) is 14.2. The number of aromatic nitrogens is 1. The first-order valence-electron chi connectivity index (χ1n) is 13.0. The molecule has 2 aliphatic heterocycles. The molecule has 3 atom stereocenters. The van der Waals surface area contributed by atoms with Gasteiger partial charge in [0.1, 0.15) is 12.4 Å². The Bertz CT molecular complexity index is 1200. The molecule has 2 aromatic rings. The number of ether oxygens (including phenoxy) is 1. The van der Waals surface area contributed by atoms with Crippen LogP contribution in [-0.4, -0.2) is 56.7 Å². The van der Waals surface area contributed by atoms with Crippen LogP contribution in [0.15, 0.2) is 18.2 Å². The Hall–Kier alpha value is -2.65. The highest BCUT2D eigenvalue weighted by atomic mass is 35.5. The Labute approximate surface area is 225 Å². The van der Waals surface area contributed by atoms with Gasteiger partial charge in [0.15, 0.2) is 0 Å². The van der Waals surface area contributed by atoms with Crippen molar-refractivity contribution >= 4 is 40.9 Å². The average molecular weight is 546 g/mol. The molecule has 10 heteroatoms. The zero-order valence-corrected chi connectivity index (χ0v) is 22.5. The number of aliphatic carboxylic acids is 1. The van der Waals surface area contributed by atoms with Gasteiger partial charge in [0.05, 0.1) is 23.6 Å². The molecular formula is C27H32ClN3O5S. The van der Waals surface area contributed by atoms with Crippen molar-refractivity contribution in [1.29, 1.82) is 0 Å². The van der Waals surface area contributed by atoms with Gasteiger partial charge < -0.3 is 19.6 Å². The van der Waals surface area contributed by atoms with E-state index < -0.39 is 23.8 Å². The number of hydrogen-bond acceptors (Lipinski definition) is 6. The van der Waals surface area contributed by atoms with Crippen LogP contribution in [0.3, 0.4) is 0 Å². The number of halogens is 1. The van der Waals surface area contributed by atoms with Crippen molar-refractivity contribution in [3.8, 4) is 5.75 Å². The SMILES string of the molecule is Cc1cc(COc2ccc(Cl)c3c2[C@@H](CN2CCCC2=O)N(C(=O)C2CCCC[C@H]2C(=O)O)CC3)ns1. The fourth-order valence-electron chi connectivity index (χ4n) is 6.04. The number of hydrogen-bond donors (Lipinski definition) is 1. The minimum absolute atomic E-state index is 0.0723. The summed E-state index contributed by atoms with van der Waals surface area (Å²) in [5, 5.41) is 10.4. The van der Waals surface area contributed by atoms with E-state index in [9.17, 15) is 19.5 Å². The number of nitrogens with zero attached hydrogens (tertiary/aromatic N) is 3. The maximum absolute atomic E-state index is 14.0. The maximum Gasteiger partial charge on any atom is 0.307 e. The summed E-state index contributed by atoms with van der Waals surface area (Å²) in [7, 11) is 0. The van der Waals surface area contributed by atoms with Crippen LogP contribution >= 0.6 is 23.1 Å². The number of amides is 2. The van der Waals surface area contributed by atoms with Crippen LogP contribution in [0.5, 0.6) is 5.75 Å². The number of carboxylic acids is 1. The number of likely N-dealkylation sites (tertiary alicyclic amines) is 1. The van der Waals surface area contributed by atoms with Crippen molar-refractivity contribution in [3.05, 3.63) is 44.9 Å². The predicted octanol–water partition coefficient (Wildman–Crippen LogP) is 4.62. The van der Waals surface area contributed by atoms with Crippen LogP contribution in [0, 0.1) is 18.8 Å². The average Bonchev–Trinajstić information content (AvgIpc) is 3.50. The second-order valence-corrected chi connectivity index (χ2v) is 11.6. The molecule has 1 saturated carbocycles. The molecule has 0 spiro atoms. The zero-order valence-electron chi connectivity index (χ0n) is 21.0. The van der Waals surface area contributed by atoms with E-state index in [1.54, 1.807) is 4.90 Å². The van der Waals surface area contributed by atoms with E-state index in [1.165, 1.54) is 11.5 Å². The lowest BCUT2D eigenvalue weighted by atomic mass is 9.77. The molecule has 1 unspecified atom stereocenters. The number of benzene rings is 1. The molecule has 1 N–H and O–H groups in total. The first-order chi connectivity index (χ1) is 17.8. The summed E-state index contributed by atoms with van der Waals surface area (Å²) in [4.78, 5) is 43.3. The second kappa shape index (κ2) is 11.0. The van der Waals surface area contributed by atoms with Crippen LogP contribution in [0.25, 0.3) is 0 Å². The normalized spacial score (nSPS) is 23.7. The van der Waals surface area contributed by atoms with Gasteiger partial charge >= 0.3 is 5.97 Å². The summed E-state index contributed by atoms with van der Waals surface area (Å²) in [5.74, 6) is -1.60. The van der Waals surface area contributed by atoms with Crippen LogP contribution in [0.2, 0.25) is 5.02 Å². The van der Waals surface area contributed by atoms with Gasteiger partial charge in [-0.15, -0.1) is 0 Å². The smallest absolute Gasteiger partial charge is 0.307 e. The van der Waals surface area contributed by atoms with E-state index >= 15 is 0 Å². The van der Waals surface area contributed by atoms with E-state index in [0.717, 1.165) is 41.0 Å². The Morgan fingerprint density at radius 1 is 1.16 bits per heavy atom. The van der Waals surface area contributed by atoms with Crippen molar-refractivity contribution in [2.24, 2.45) is 11.8 Å². The van der Waals surface area contributed by atoms with Gasteiger partial charge in [-0.1, -0.05) is 24.4 Å². The summed E-state index contributed by atoms with van der Waals surface area (Å²) in [6.07, 6.45) is 4.57. The van der Waals surface area contributed by atoms with Crippen LogP contribution in [-0.2, 0) is 27.4 Å². The number of fused-ring (bicyclic) bond motifs is 1. The molecule has 3 heterocycles. The lowest BCUT2D eigenvalue weighted by molar-refractivity contribution is -0.154. The molecule has 8 nitrogen and oxygen atoms in total. The number of carbonyl (C=O) groups excluding carboxylic acids is 2. The molecule has 0 radical (unpaired) electrons. The topological polar surface area (TPSA) is 100 Å². The minimum atomic E-state index is -0.910. The monoisotopic (exact) mass is 545 g/mol. The van der Waals surface area contributed by atoms with Crippen LogP contribution < -0.4 is 4.74 Å². The zero-order chi connectivity index (χ0) is 26.1. The van der Waals surface area contributed by atoms with Crippen molar-refractivity contribution in [3.63, 3.8) is 0 Å². The quantitative estimate of drug-likeness (QED) is 0.545. The maximum atomic E-state index is 14.0. The fraction of sp³-hybridized carbons (Fsp3) is 0.556. The third-order valence-corrected chi connectivity index (χ3v) is 8.96.